The average Bonchev–Trinajstić information content (AvgIpc) is 2.48. The highest BCUT2D eigenvalue weighted by Gasteiger charge is 2.26. The van der Waals surface area contributed by atoms with E-state index < -0.39 is 0 Å². The molecule has 1 saturated heterocycles. The standard InChI is InChI=1S/C15H21N3OS/c16-13-4-1-5-14-12(13)3-2-7-18(14)15(19)9-11-10-20-8-6-17-11/h1,4-5,11,17H,2-3,6-10,16H2. The number of nitrogens with zero attached hydrogens (tertiary/aromatic N) is 1. The number of benzene rings is 1. The van der Waals surface area contributed by atoms with E-state index in [1.165, 1.54) is 0 Å². The van der Waals surface area contributed by atoms with Crippen molar-refractivity contribution in [1.29, 1.82) is 0 Å². The van der Waals surface area contributed by atoms with Crippen molar-refractivity contribution in [2.24, 2.45) is 0 Å². The lowest BCUT2D eigenvalue weighted by molar-refractivity contribution is -0.119. The summed E-state index contributed by atoms with van der Waals surface area (Å²) in [5, 5.41) is 3.43. The van der Waals surface area contributed by atoms with Crippen LogP contribution in [0.3, 0.4) is 0 Å². The van der Waals surface area contributed by atoms with Crippen molar-refractivity contribution >= 4 is 29.0 Å². The SMILES string of the molecule is Nc1cccc2c1CCCN2C(=O)CC1CSCCN1. The summed E-state index contributed by atoms with van der Waals surface area (Å²) in [6.07, 6.45) is 2.56. The number of thioether (sulfide) groups is 1. The van der Waals surface area contributed by atoms with Crippen molar-refractivity contribution in [3.63, 3.8) is 0 Å². The largest absolute Gasteiger partial charge is 0.398 e. The van der Waals surface area contributed by atoms with E-state index in [1.54, 1.807) is 0 Å². The first kappa shape index (κ1) is 13.8. The van der Waals surface area contributed by atoms with Crippen LogP contribution in [0.15, 0.2) is 18.2 Å². The monoisotopic (exact) mass is 291 g/mol. The molecule has 0 radical (unpaired) electrons. The van der Waals surface area contributed by atoms with Crippen molar-refractivity contribution in [2.45, 2.75) is 25.3 Å². The summed E-state index contributed by atoms with van der Waals surface area (Å²) in [6, 6.07) is 6.19. The molecule has 1 amide bonds. The van der Waals surface area contributed by atoms with E-state index >= 15 is 0 Å². The van der Waals surface area contributed by atoms with E-state index in [2.05, 4.69) is 5.32 Å². The Labute approximate surface area is 124 Å². The van der Waals surface area contributed by atoms with Crippen LogP contribution in [-0.4, -0.2) is 36.5 Å². The Morgan fingerprint density at radius 3 is 3.20 bits per heavy atom. The zero-order valence-corrected chi connectivity index (χ0v) is 12.4. The predicted molar refractivity (Wildman–Crippen MR) is 85.3 cm³/mol. The lowest BCUT2D eigenvalue weighted by Crippen LogP contribution is -2.44. The summed E-state index contributed by atoms with van der Waals surface area (Å²) in [7, 11) is 0. The highest BCUT2D eigenvalue weighted by atomic mass is 32.2. The van der Waals surface area contributed by atoms with Crippen molar-refractivity contribution in [3.8, 4) is 0 Å². The molecule has 108 valence electrons. The number of nitrogen functional groups attached to an aromatic ring is 1. The molecule has 20 heavy (non-hydrogen) atoms. The Morgan fingerprint density at radius 2 is 2.40 bits per heavy atom. The third-order valence-corrected chi connectivity index (χ3v) is 5.14. The van der Waals surface area contributed by atoms with E-state index in [0.717, 1.165) is 54.4 Å². The molecule has 0 bridgehead atoms. The van der Waals surface area contributed by atoms with Crippen LogP contribution in [0.25, 0.3) is 0 Å². The molecule has 2 aliphatic heterocycles. The number of anilines is 2. The summed E-state index contributed by atoms with van der Waals surface area (Å²) in [6.45, 7) is 1.82. The number of nitrogens with one attached hydrogen (secondary N) is 1. The van der Waals surface area contributed by atoms with E-state index in [-0.39, 0.29) is 5.91 Å². The van der Waals surface area contributed by atoms with Gasteiger partial charge in [0, 0.05) is 48.4 Å². The maximum absolute atomic E-state index is 12.6. The maximum atomic E-state index is 12.6. The number of hydrogen-bond donors (Lipinski definition) is 2. The quantitative estimate of drug-likeness (QED) is 0.813. The first-order chi connectivity index (χ1) is 9.75. The van der Waals surface area contributed by atoms with Gasteiger partial charge < -0.3 is 16.0 Å². The lowest BCUT2D eigenvalue weighted by Gasteiger charge is -2.32. The van der Waals surface area contributed by atoms with Gasteiger partial charge in [0.2, 0.25) is 5.91 Å². The number of hydrogen-bond acceptors (Lipinski definition) is 4. The number of carbonyl (C=O) groups is 1. The van der Waals surface area contributed by atoms with Crippen LogP contribution in [-0.2, 0) is 11.2 Å². The first-order valence-corrected chi connectivity index (χ1v) is 8.40. The molecule has 0 saturated carbocycles. The summed E-state index contributed by atoms with van der Waals surface area (Å²) in [5.41, 5.74) is 9.00. The van der Waals surface area contributed by atoms with Gasteiger partial charge in [-0.05, 0) is 30.5 Å². The molecular weight excluding hydrogens is 270 g/mol. The zero-order chi connectivity index (χ0) is 13.9. The second-order valence-electron chi connectivity index (χ2n) is 5.42. The Balaban J connectivity index is 1.74. The van der Waals surface area contributed by atoms with Gasteiger partial charge in [0.25, 0.3) is 0 Å². The number of nitrogens with two attached hydrogens (primary N) is 1. The number of amides is 1. The normalized spacial score (nSPS) is 22.4. The van der Waals surface area contributed by atoms with Crippen LogP contribution in [0.5, 0.6) is 0 Å². The van der Waals surface area contributed by atoms with Gasteiger partial charge >= 0.3 is 0 Å². The topological polar surface area (TPSA) is 58.4 Å². The predicted octanol–water partition coefficient (Wildman–Crippen LogP) is 1.64. The number of fused-ring (bicyclic) bond motifs is 1. The van der Waals surface area contributed by atoms with Crippen LogP contribution >= 0.6 is 11.8 Å². The summed E-state index contributed by atoms with van der Waals surface area (Å²) in [5.74, 6) is 2.40. The Morgan fingerprint density at radius 1 is 1.50 bits per heavy atom. The summed E-state index contributed by atoms with van der Waals surface area (Å²) in [4.78, 5) is 14.5. The number of rotatable bonds is 2. The Kier molecular flexibility index (Phi) is 4.17. The molecule has 2 heterocycles. The van der Waals surface area contributed by atoms with Gasteiger partial charge in [0.1, 0.15) is 0 Å². The maximum Gasteiger partial charge on any atom is 0.228 e. The van der Waals surface area contributed by atoms with Gasteiger partial charge in [-0.2, -0.15) is 11.8 Å². The van der Waals surface area contributed by atoms with Crippen molar-refractivity contribution in [2.75, 3.05) is 35.2 Å². The molecule has 4 nitrogen and oxygen atoms in total. The minimum absolute atomic E-state index is 0.219. The van der Waals surface area contributed by atoms with Gasteiger partial charge in [0.15, 0.2) is 0 Å². The number of carbonyl (C=O) groups excluding carboxylic acids is 1. The first-order valence-electron chi connectivity index (χ1n) is 7.24. The third-order valence-electron chi connectivity index (χ3n) is 4.01. The van der Waals surface area contributed by atoms with Gasteiger partial charge in [-0.25, -0.2) is 0 Å². The van der Waals surface area contributed by atoms with Crippen molar-refractivity contribution < 1.29 is 4.79 Å². The molecule has 0 aliphatic carbocycles. The second-order valence-corrected chi connectivity index (χ2v) is 6.57. The van der Waals surface area contributed by atoms with Gasteiger partial charge in [-0.3, -0.25) is 4.79 Å². The highest BCUT2D eigenvalue weighted by molar-refractivity contribution is 7.99. The van der Waals surface area contributed by atoms with E-state index in [9.17, 15) is 4.79 Å². The molecule has 1 aromatic carbocycles. The summed E-state index contributed by atoms with van der Waals surface area (Å²) < 4.78 is 0. The van der Waals surface area contributed by atoms with Crippen molar-refractivity contribution in [3.05, 3.63) is 23.8 Å². The van der Waals surface area contributed by atoms with E-state index in [0.29, 0.717) is 12.5 Å². The molecule has 1 atom stereocenters. The average molecular weight is 291 g/mol. The Hall–Kier alpha value is -1.20. The molecule has 1 fully saturated rings. The van der Waals surface area contributed by atoms with Crippen LogP contribution in [0, 0.1) is 0 Å². The molecule has 3 rings (SSSR count). The minimum atomic E-state index is 0.219. The van der Waals surface area contributed by atoms with Gasteiger partial charge in [-0.1, -0.05) is 6.07 Å². The zero-order valence-electron chi connectivity index (χ0n) is 11.6. The molecule has 1 unspecified atom stereocenters. The molecule has 1 aromatic rings. The Bertz CT molecular complexity index is 500. The molecule has 0 spiro atoms. The minimum Gasteiger partial charge on any atom is -0.398 e. The molecular formula is C15H21N3OS. The molecule has 5 heteroatoms. The molecule has 3 N–H and O–H groups in total. The van der Waals surface area contributed by atoms with E-state index in [4.69, 9.17) is 5.73 Å². The van der Waals surface area contributed by atoms with Crippen LogP contribution < -0.4 is 16.0 Å². The van der Waals surface area contributed by atoms with E-state index in [1.807, 2.05) is 34.9 Å². The van der Waals surface area contributed by atoms with Gasteiger partial charge in [0.05, 0.1) is 0 Å². The molecule has 2 aliphatic rings. The third kappa shape index (κ3) is 2.79. The van der Waals surface area contributed by atoms with Crippen molar-refractivity contribution in [1.82, 2.24) is 5.32 Å². The second kappa shape index (κ2) is 6.06. The highest BCUT2D eigenvalue weighted by Crippen LogP contribution is 2.31. The van der Waals surface area contributed by atoms with Crippen LogP contribution in [0.2, 0.25) is 0 Å². The van der Waals surface area contributed by atoms with Crippen LogP contribution in [0.1, 0.15) is 18.4 Å². The summed E-state index contributed by atoms with van der Waals surface area (Å²) >= 11 is 1.93. The van der Waals surface area contributed by atoms with Crippen LogP contribution in [0.4, 0.5) is 11.4 Å². The fourth-order valence-electron chi connectivity index (χ4n) is 2.98. The smallest absolute Gasteiger partial charge is 0.228 e. The fourth-order valence-corrected chi connectivity index (χ4v) is 3.93. The fraction of sp³-hybridized carbons (Fsp3) is 0.533. The molecule has 0 aromatic heterocycles. The van der Waals surface area contributed by atoms with Gasteiger partial charge in [-0.15, -0.1) is 0 Å². The lowest BCUT2D eigenvalue weighted by atomic mass is 9.99.